The average molecular weight is 344 g/mol. The zero-order valence-electron chi connectivity index (χ0n) is 13.1. The topological polar surface area (TPSA) is 49.8 Å². The predicted octanol–water partition coefficient (Wildman–Crippen LogP) is 4.11. The molecular formula is C19H18ClNO3. The van der Waals surface area contributed by atoms with Gasteiger partial charge in [0.25, 0.3) is 5.91 Å². The molecule has 0 spiro atoms. The van der Waals surface area contributed by atoms with Gasteiger partial charge in [-0.05, 0) is 54.7 Å². The lowest BCUT2D eigenvalue weighted by molar-refractivity contribution is -0.122. The Kier molecular flexibility index (Phi) is 3.85. The number of nitrogens with zero attached hydrogens (tertiary/aromatic N) is 1. The summed E-state index contributed by atoms with van der Waals surface area (Å²) in [5.74, 6) is 1.36. The van der Waals surface area contributed by atoms with Crippen molar-refractivity contribution in [2.75, 3.05) is 11.4 Å². The fraction of sp³-hybridized carbons (Fsp3) is 0.316. The summed E-state index contributed by atoms with van der Waals surface area (Å²) in [7, 11) is 0. The van der Waals surface area contributed by atoms with Crippen molar-refractivity contribution in [1.82, 2.24) is 0 Å². The van der Waals surface area contributed by atoms with Crippen molar-refractivity contribution in [2.45, 2.75) is 31.3 Å². The zero-order valence-corrected chi connectivity index (χ0v) is 13.9. The Morgan fingerprint density at radius 1 is 1.08 bits per heavy atom. The Bertz CT molecular complexity index is 771. The highest BCUT2D eigenvalue weighted by molar-refractivity contribution is 6.32. The van der Waals surface area contributed by atoms with Crippen molar-refractivity contribution in [3.8, 4) is 11.5 Å². The molecule has 24 heavy (non-hydrogen) atoms. The van der Waals surface area contributed by atoms with Crippen LogP contribution in [0.4, 0.5) is 5.69 Å². The molecule has 1 unspecified atom stereocenters. The molecule has 1 aliphatic heterocycles. The molecule has 1 saturated heterocycles. The summed E-state index contributed by atoms with van der Waals surface area (Å²) in [6.07, 6.45) is 2.68. The van der Waals surface area contributed by atoms with Crippen LogP contribution in [0, 0.1) is 0 Å². The van der Waals surface area contributed by atoms with E-state index in [1.165, 1.54) is 24.5 Å². The van der Waals surface area contributed by atoms with Crippen LogP contribution >= 0.6 is 11.6 Å². The minimum Gasteiger partial charge on any atom is -0.506 e. The molecule has 5 heteroatoms. The molecular weight excluding hydrogens is 326 g/mol. The standard InChI is InChI=1S/C19H18ClNO3/c20-16-11-14(5-8-17(16)22)21-10-9-18(19(21)23)24-15-6-3-13(4-7-15)12-1-2-12/h3-8,11-12,18,22H,1-2,9-10H2. The quantitative estimate of drug-likeness (QED) is 0.909. The number of carbonyl (C=O) groups is 1. The van der Waals surface area contributed by atoms with Crippen LogP contribution in [0.15, 0.2) is 42.5 Å². The normalized spacial score (nSPS) is 20.5. The molecule has 1 saturated carbocycles. The van der Waals surface area contributed by atoms with Crippen molar-refractivity contribution >= 4 is 23.2 Å². The molecule has 2 fully saturated rings. The lowest BCUT2D eigenvalue weighted by Crippen LogP contribution is -2.32. The number of carbonyl (C=O) groups excluding carboxylic acids is 1. The zero-order chi connectivity index (χ0) is 16.7. The van der Waals surface area contributed by atoms with Crippen molar-refractivity contribution in [3.63, 3.8) is 0 Å². The second-order valence-corrected chi connectivity index (χ2v) is 6.77. The van der Waals surface area contributed by atoms with Gasteiger partial charge in [0.05, 0.1) is 5.02 Å². The van der Waals surface area contributed by atoms with Crippen molar-refractivity contribution < 1.29 is 14.6 Å². The maximum atomic E-state index is 12.6. The highest BCUT2D eigenvalue weighted by Gasteiger charge is 2.34. The maximum absolute atomic E-state index is 12.6. The van der Waals surface area contributed by atoms with Gasteiger partial charge in [-0.1, -0.05) is 23.7 Å². The van der Waals surface area contributed by atoms with E-state index >= 15 is 0 Å². The number of ether oxygens (including phenoxy) is 1. The monoisotopic (exact) mass is 343 g/mol. The summed E-state index contributed by atoms with van der Waals surface area (Å²) >= 11 is 5.93. The van der Waals surface area contributed by atoms with E-state index in [4.69, 9.17) is 16.3 Å². The number of phenolic OH excluding ortho intramolecular Hbond substituents is 1. The van der Waals surface area contributed by atoms with Crippen LogP contribution in [-0.2, 0) is 4.79 Å². The second kappa shape index (κ2) is 6.02. The van der Waals surface area contributed by atoms with Crippen molar-refractivity contribution in [1.29, 1.82) is 0 Å². The molecule has 1 N–H and O–H groups in total. The molecule has 0 bridgehead atoms. The van der Waals surface area contributed by atoms with Crippen LogP contribution < -0.4 is 9.64 Å². The van der Waals surface area contributed by atoms with Crippen LogP contribution in [0.2, 0.25) is 5.02 Å². The average Bonchev–Trinajstić information content (AvgIpc) is 3.37. The summed E-state index contributed by atoms with van der Waals surface area (Å²) in [5, 5.41) is 9.74. The number of halogens is 1. The maximum Gasteiger partial charge on any atom is 0.268 e. The number of hydrogen-bond acceptors (Lipinski definition) is 3. The first-order chi connectivity index (χ1) is 11.6. The van der Waals surface area contributed by atoms with Crippen LogP contribution in [0.25, 0.3) is 0 Å². The van der Waals surface area contributed by atoms with E-state index in [1.807, 2.05) is 12.1 Å². The van der Waals surface area contributed by atoms with Crippen LogP contribution in [0.3, 0.4) is 0 Å². The van der Waals surface area contributed by atoms with Gasteiger partial charge in [0, 0.05) is 18.7 Å². The molecule has 124 valence electrons. The third-order valence-electron chi connectivity index (χ3n) is 4.61. The van der Waals surface area contributed by atoms with Gasteiger partial charge in [-0.15, -0.1) is 0 Å². The van der Waals surface area contributed by atoms with Gasteiger partial charge in [0.1, 0.15) is 11.5 Å². The molecule has 0 radical (unpaired) electrons. The Morgan fingerprint density at radius 3 is 2.50 bits per heavy atom. The fourth-order valence-electron chi connectivity index (χ4n) is 3.08. The number of phenols is 1. The molecule has 1 atom stereocenters. The van der Waals surface area contributed by atoms with E-state index in [1.54, 1.807) is 17.0 Å². The second-order valence-electron chi connectivity index (χ2n) is 6.36. The Morgan fingerprint density at radius 2 is 1.83 bits per heavy atom. The molecule has 2 aliphatic rings. The largest absolute Gasteiger partial charge is 0.506 e. The smallest absolute Gasteiger partial charge is 0.268 e. The molecule has 1 amide bonds. The Labute approximate surface area is 145 Å². The molecule has 4 nitrogen and oxygen atoms in total. The van der Waals surface area contributed by atoms with Gasteiger partial charge in [0.15, 0.2) is 6.10 Å². The van der Waals surface area contributed by atoms with E-state index in [2.05, 4.69) is 12.1 Å². The highest BCUT2D eigenvalue weighted by atomic mass is 35.5. The van der Waals surface area contributed by atoms with Gasteiger partial charge in [-0.25, -0.2) is 0 Å². The van der Waals surface area contributed by atoms with Gasteiger partial charge in [-0.2, -0.15) is 0 Å². The fourth-order valence-corrected chi connectivity index (χ4v) is 3.26. The number of benzene rings is 2. The predicted molar refractivity (Wildman–Crippen MR) is 92.9 cm³/mol. The summed E-state index contributed by atoms with van der Waals surface area (Å²) < 4.78 is 5.87. The number of hydrogen-bond donors (Lipinski definition) is 1. The molecule has 4 rings (SSSR count). The summed E-state index contributed by atoms with van der Waals surface area (Å²) in [6, 6.07) is 12.8. The lowest BCUT2D eigenvalue weighted by atomic mass is 10.1. The Hall–Kier alpha value is -2.20. The highest BCUT2D eigenvalue weighted by Crippen LogP contribution is 2.40. The van der Waals surface area contributed by atoms with Gasteiger partial charge >= 0.3 is 0 Å². The van der Waals surface area contributed by atoms with Crippen LogP contribution in [0.1, 0.15) is 30.7 Å². The minimum atomic E-state index is -0.482. The number of aromatic hydroxyl groups is 1. The summed E-state index contributed by atoms with van der Waals surface area (Å²) in [4.78, 5) is 14.2. The SMILES string of the molecule is O=C1C(Oc2ccc(C3CC3)cc2)CCN1c1ccc(O)c(Cl)c1. The van der Waals surface area contributed by atoms with Crippen molar-refractivity contribution in [3.05, 3.63) is 53.1 Å². The summed E-state index contributed by atoms with van der Waals surface area (Å²) in [6.45, 7) is 0.574. The van der Waals surface area contributed by atoms with Gasteiger partial charge in [-0.3, -0.25) is 4.79 Å². The Balaban J connectivity index is 1.45. The van der Waals surface area contributed by atoms with Crippen molar-refractivity contribution in [2.24, 2.45) is 0 Å². The third kappa shape index (κ3) is 2.94. The first-order valence-electron chi connectivity index (χ1n) is 8.18. The van der Waals surface area contributed by atoms with E-state index in [0.717, 1.165) is 5.75 Å². The van der Waals surface area contributed by atoms with Gasteiger partial charge < -0.3 is 14.7 Å². The lowest BCUT2D eigenvalue weighted by Gasteiger charge is -2.18. The molecule has 1 heterocycles. The van der Waals surface area contributed by atoms with Crippen LogP contribution in [-0.4, -0.2) is 23.7 Å². The number of amides is 1. The first kappa shape index (κ1) is 15.3. The van der Waals surface area contributed by atoms with E-state index in [0.29, 0.717) is 24.6 Å². The van der Waals surface area contributed by atoms with Crippen LogP contribution in [0.5, 0.6) is 11.5 Å². The summed E-state index contributed by atoms with van der Waals surface area (Å²) in [5.41, 5.74) is 2.03. The minimum absolute atomic E-state index is 0.00983. The number of rotatable bonds is 4. The molecule has 0 aromatic heterocycles. The van der Waals surface area contributed by atoms with E-state index in [9.17, 15) is 9.90 Å². The van der Waals surface area contributed by atoms with E-state index < -0.39 is 6.10 Å². The first-order valence-corrected chi connectivity index (χ1v) is 8.56. The molecule has 2 aromatic carbocycles. The third-order valence-corrected chi connectivity index (χ3v) is 4.91. The van der Waals surface area contributed by atoms with E-state index in [-0.39, 0.29) is 16.7 Å². The molecule has 1 aliphatic carbocycles. The number of anilines is 1. The van der Waals surface area contributed by atoms with Gasteiger partial charge in [0.2, 0.25) is 0 Å². The molecule has 2 aromatic rings.